The molecule has 0 saturated heterocycles. The summed E-state index contributed by atoms with van der Waals surface area (Å²) in [5.74, 6) is 0. The van der Waals surface area contributed by atoms with E-state index in [0.29, 0.717) is 0 Å². The first-order valence-corrected chi connectivity index (χ1v) is 6.71. The molecule has 96 valence electrons. The van der Waals surface area contributed by atoms with Gasteiger partial charge in [0.15, 0.2) is 4.96 Å². The molecule has 0 fully saturated rings. The number of aryl methyl sites for hydroxylation is 1. The minimum absolute atomic E-state index is 0. The van der Waals surface area contributed by atoms with Crippen molar-refractivity contribution in [2.45, 2.75) is 6.92 Å². The molecule has 0 aliphatic heterocycles. The lowest BCUT2D eigenvalue weighted by Gasteiger charge is -1.95. The number of nitrogens with zero attached hydrogens (tertiary/aromatic N) is 2. The van der Waals surface area contributed by atoms with Crippen LogP contribution in [0.25, 0.3) is 27.1 Å². The number of aromatic amines is 1. The largest absolute Gasteiger partial charge is 0.358 e. The molecule has 1 aromatic carbocycles. The number of rotatable bonds is 1. The molecule has 0 unspecified atom stereocenters. The molecule has 19 heavy (non-hydrogen) atoms. The van der Waals surface area contributed by atoms with Gasteiger partial charge in [-0.2, -0.15) is 0 Å². The fourth-order valence-corrected chi connectivity index (χ4v) is 3.15. The van der Waals surface area contributed by atoms with Crippen LogP contribution in [-0.4, -0.2) is 14.4 Å². The Balaban J connectivity index is 0.00000110. The fraction of sp³-hybridized carbons (Fsp3) is 0.0714. The summed E-state index contributed by atoms with van der Waals surface area (Å²) in [4.78, 5) is 9.14. The monoisotopic (exact) mass is 289 g/mol. The van der Waals surface area contributed by atoms with Gasteiger partial charge in [0.1, 0.15) is 0 Å². The Morgan fingerprint density at radius 1 is 1.26 bits per heavy atom. The number of halogens is 1. The number of para-hydroxylation sites is 1. The molecule has 4 rings (SSSR count). The van der Waals surface area contributed by atoms with E-state index in [9.17, 15) is 0 Å². The van der Waals surface area contributed by atoms with Gasteiger partial charge in [0.2, 0.25) is 0 Å². The molecule has 0 radical (unpaired) electrons. The molecule has 0 bridgehead atoms. The number of hydrogen-bond donors (Lipinski definition) is 1. The maximum absolute atomic E-state index is 4.69. The highest BCUT2D eigenvalue weighted by Gasteiger charge is 2.13. The van der Waals surface area contributed by atoms with Crippen LogP contribution in [0.3, 0.4) is 0 Å². The Morgan fingerprint density at radius 2 is 2.11 bits per heavy atom. The fourth-order valence-electron chi connectivity index (χ4n) is 2.45. The lowest BCUT2D eigenvalue weighted by atomic mass is 10.1. The van der Waals surface area contributed by atoms with Gasteiger partial charge >= 0.3 is 0 Å². The van der Waals surface area contributed by atoms with E-state index >= 15 is 0 Å². The molecular weight excluding hydrogens is 278 g/mol. The maximum atomic E-state index is 4.69. The van der Waals surface area contributed by atoms with Crippen LogP contribution < -0.4 is 0 Å². The summed E-state index contributed by atoms with van der Waals surface area (Å²) >= 11 is 1.66. The number of benzene rings is 1. The van der Waals surface area contributed by atoms with Crippen LogP contribution in [0.1, 0.15) is 5.69 Å². The first-order chi connectivity index (χ1) is 8.83. The Hall–Kier alpha value is -1.78. The highest BCUT2D eigenvalue weighted by molar-refractivity contribution is 7.15. The minimum atomic E-state index is 0. The first kappa shape index (κ1) is 12.3. The summed E-state index contributed by atoms with van der Waals surface area (Å²) in [7, 11) is 0. The van der Waals surface area contributed by atoms with Gasteiger partial charge in [0.25, 0.3) is 0 Å². The third kappa shape index (κ3) is 1.76. The molecule has 3 aromatic heterocycles. The Morgan fingerprint density at radius 3 is 2.95 bits per heavy atom. The molecule has 0 aliphatic carbocycles. The van der Waals surface area contributed by atoms with Crippen molar-refractivity contribution in [1.29, 1.82) is 0 Å². The van der Waals surface area contributed by atoms with Crippen molar-refractivity contribution in [3.8, 4) is 11.3 Å². The molecule has 0 atom stereocenters. The van der Waals surface area contributed by atoms with Gasteiger partial charge in [-0.15, -0.1) is 23.7 Å². The third-order valence-corrected chi connectivity index (χ3v) is 4.01. The molecule has 3 nitrogen and oxygen atoms in total. The summed E-state index contributed by atoms with van der Waals surface area (Å²) in [6.45, 7) is 2.10. The van der Waals surface area contributed by atoms with Crippen molar-refractivity contribution in [1.82, 2.24) is 14.4 Å². The molecule has 1 N–H and O–H groups in total. The summed E-state index contributed by atoms with van der Waals surface area (Å²) in [6.07, 6.45) is 4.13. The average molecular weight is 290 g/mol. The van der Waals surface area contributed by atoms with Gasteiger partial charge in [0.05, 0.1) is 5.69 Å². The Labute approximate surface area is 120 Å². The van der Waals surface area contributed by atoms with Crippen LogP contribution in [0.4, 0.5) is 0 Å². The maximum Gasteiger partial charge on any atom is 0.194 e. The lowest BCUT2D eigenvalue weighted by Crippen LogP contribution is -1.78. The number of imidazole rings is 1. The summed E-state index contributed by atoms with van der Waals surface area (Å²) in [5.41, 5.74) is 4.58. The van der Waals surface area contributed by atoms with E-state index in [1.54, 1.807) is 11.3 Å². The quantitative estimate of drug-likeness (QED) is 0.557. The smallest absolute Gasteiger partial charge is 0.194 e. The molecule has 5 heteroatoms. The second-order valence-corrected chi connectivity index (χ2v) is 5.26. The normalized spacial score (nSPS) is 11.0. The zero-order chi connectivity index (χ0) is 12.1. The molecule has 0 spiro atoms. The van der Waals surface area contributed by atoms with Gasteiger partial charge in [-0.3, -0.25) is 4.40 Å². The predicted octanol–water partition coefficient (Wildman–Crippen LogP) is 4.27. The lowest BCUT2D eigenvalue weighted by molar-refractivity contribution is 1.23. The highest BCUT2D eigenvalue weighted by Crippen LogP contribution is 2.31. The van der Waals surface area contributed by atoms with E-state index in [0.717, 1.165) is 10.7 Å². The highest BCUT2D eigenvalue weighted by atomic mass is 35.5. The molecule has 4 aromatic rings. The Bertz CT molecular complexity index is 827. The summed E-state index contributed by atoms with van der Waals surface area (Å²) < 4.78 is 2.07. The first-order valence-electron chi connectivity index (χ1n) is 5.83. The van der Waals surface area contributed by atoms with Crippen molar-refractivity contribution in [2.24, 2.45) is 0 Å². The second-order valence-electron chi connectivity index (χ2n) is 4.39. The van der Waals surface area contributed by atoms with E-state index in [1.165, 1.54) is 22.2 Å². The topological polar surface area (TPSA) is 33.1 Å². The van der Waals surface area contributed by atoms with Crippen LogP contribution in [-0.2, 0) is 0 Å². The number of hydrogen-bond acceptors (Lipinski definition) is 2. The number of H-pyrrole nitrogens is 1. The number of nitrogens with one attached hydrogen (secondary N) is 1. The van der Waals surface area contributed by atoms with Crippen LogP contribution in [0, 0.1) is 6.92 Å². The van der Waals surface area contributed by atoms with E-state index in [-0.39, 0.29) is 12.4 Å². The molecular formula is C14H12ClN3S. The van der Waals surface area contributed by atoms with Crippen LogP contribution in [0.2, 0.25) is 0 Å². The predicted molar refractivity (Wildman–Crippen MR) is 82.3 cm³/mol. The van der Waals surface area contributed by atoms with Gasteiger partial charge < -0.3 is 4.98 Å². The average Bonchev–Trinajstić information content (AvgIpc) is 2.98. The number of aromatic nitrogens is 3. The van der Waals surface area contributed by atoms with Crippen molar-refractivity contribution in [2.75, 3.05) is 0 Å². The SMILES string of the molecule is Cc1[nH]c2ccccc2c1-c1cn2ccsc2n1.Cl. The van der Waals surface area contributed by atoms with Crippen molar-refractivity contribution in [3.05, 3.63) is 47.7 Å². The van der Waals surface area contributed by atoms with Gasteiger partial charge in [0, 0.05) is 39.9 Å². The zero-order valence-electron chi connectivity index (χ0n) is 10.3. The van der Waals surface area contributed by atoms with Crippen molar-refractivity contribution < 1.29 is 0 Å². The van der Waals surface area contributed by atoms with E-state index < -0.39 is 0 Å². The summed E-state index contributed by atoms with van der Waals surface area (Å²) in [6, 6.07) is 8.36. The molecule has 0 amide bonds. The Kier molecular flexibility index (Phi) is 2.84. The zero-order valence-corrected chi connectivity index (χ0v) is 11.9. The van der Waals surface area contributed by atoms with E-state index in [2.05, 4.69) is 45.7 Å². The van der Waals surface area contributed by atoms with E-state index in [4.69, 9.17) is 0 Å². The van der Waals surface area contributed by atoms with Crippen LogP contribution in [0.15, 0.2) is 42.0 Å². The third-order valence-electron chi connectivity index (χ3n) is 3.24. The van der Waals surface area contributed by atoms with Crippen LogP contribution in [0.5, 0.6) is 0 Å². The second kappa shape index (κ2) is 4.40. The van der Waals surface area contributed by atoms with E-state index in [1.807, 2.05) is 17.6 Å². The standard InChI is InChI=1S/C14H11N3S.ClH/c1-9-13(10-4-2-3-5-11(10)15-9)12-8-17-6-7-18-14(17)16-12;/h2-8,15H,1H3;1H. The number of thiazole rings is 1. The van der Waals surface area contributed by atoms with Gasteiger partial charge in [-0.25, -0.2) is 4.98 Å². The molecule has 0 aliphatic rings. The minimum Gasteiger partial charge on any atom is -0.358 e. The van der Waals surface area contributed by atoms with Gasteiger partial charge in [-0.05, 0) is 13.0 Å². The summed E-state index contributed by atoms with van der Waals surface area (Å²) in [5, 5.41) is 3.29. The van der Waals surface area contributed by atoms with Crippen molar-refractivity contribution in [3.63, 3.8) is 0 Å². The molecule has 3 heterocycles. The van der Waals surface area contributed by atoms with Crippen molar-refractivity contribution >= 4 is 39.6 Å². The van der Waals surface area contributed by atoms with Crippen LogP contribution >= 0.6 is 23.7 Å². The van der Waals surface area contributed by atoms with Gasteiger partial charge in [-0.1, -0.05) is 18.2 Å². The molecule has 0 saturated carbocycles. The number of fused-ring (bicyclic) bond motifs is 2.